The van der Waals surface area contributed by atoms with Crippen molar-refractivity contribution in [2.45, 2.75) is 33.4 Å². The van der Waals surface area contributed by atoms with Gasteiger partial charge in [0.1, 0.15) is 0 Å². The van der Waals surface area contributed by atoms with Crippen LogP contribution in [-0.4, -0.2) is 17.4 Å². The summed E-state index contributed by atoms with van der Waals surface area (Å²) in [5, 5.41) is 0. The Hall–Kier alpha value is -0.670. The van der Waals surface area contributed by atoms with E-state index in [0.717, 1.165) is 6.54 Å². The highest BCUT2D eigenvalue weighted by molar-refractivity contribution is 7.98. The highest BCUT2D eigenvalue weighted by atomic mass is 32.2. The van der Waals surface area contributed by atoms with Gasteiger partial charge < -0.3 is 4.31 Å². The second-order valence-corrected chi connectivity index (χ2v) is 5.51. The molecular formula is C12H18N2S. The molecule has 1 aliphatic heterocycles. The van der Waals surface area contributed by atoms with Crippen LogP contribution in [0.15, 0.2) is 18.2 Å². The number of fused-ring (bicyclic) bond motifs is 1. The van der Waals surface area contributed by atoms with Gasteiger partial charge in [0.2, 0.25) is 0 Å². The molecule has 0 saturated heterocycles. The third-order valence-electron chi connectivity index (χ3n) is 2.77. The van der Waals surface area contributed by atoms with Gasteiger partial charge in [-0.2, -0.15) is 0 Å². The first kappa shape index (κ1) is 10.8. The van der Waals surface area contributed by atoms with E-state index in [0.29, 0.717) is 6.04 Å². The molecule has 0 spiro atoms. The van der Waals surface area contributed by atoms with E-state index in [-0.39, 0.29) is 0 Å². The van der Waals surface area contributed by atoms with Gasteiger partial charge in [0.05, 0.1) is 5.69 Å². The summed E-state index contributed by atoms with van der Waals surface area (Å²) < 4.78 is 4.68. The van der Waals surface area contributed by atoms with Crippen molar-refractivity contribution in [3.05, 3.63) is 29.3 Å². The number of hydrogen-bond donors (Lipinski definition) is 0. The lowest BCUT2D eigenvalue weighted by molar-refractivity contribution is 0.386. The van der Waals surface area contributed by atoms with E-state index >= 15 is 0 Å². The smallest absolute Gasteiger partial charge is 0.0553 e. The summed E-state index contributed by atoms with van der Waals surface area (Å²) in [4.78, 5) is 0. The summed E-state index contributed by atoms with van der Waals surface area (Å²) in [6.07, 6.45) is 0. The molecule has 1 aromatic rings. The average molecular weight is 222 g/mol. The first-order valence-electron chi connectivity index (χ1n) is 5.36. The predicted octanol–water partition coefficient (Wildman–Crippen LogP) is 3.22. The van der Waals surface area contributed by atoms with Crippen LogP contribution in [0, 0.1) is 6.92 Å². The van der Waals surface area contributed by atoms with Crippen LogP contribution in [0.3, 0.4) is 0 Å². The third kappa shape index (κ3) is 1.99. The molecule has 1 heterocycles. The van der Waals surface area contributed by atoms with Crippen LogP contribution in [0.2, 0.25) is 0 Å². The van der Waals surface area contributed by atoms with Crippen molar-refractivity contribution in [3.63, 3.8) is 0 Å². The Labute approximate surface area is 96.5 Å². The number of aryl methyl sites for hydroxylation is 1. The van der Waals surface area contributed by atoms with Gasteiger partial charge in [0.15, 0.2) is 0 Å². The van der Waals surface area contributed by atoms with Crippen LogP contribution in [0.25, 0.3) is 0 Å². The lowest BCUT2D eigenvalue weighted by Crippen LogP contribution is -2.33. The Morgan fingerprint density at radius 1 is 1.33 bits per heavy atom. The van der Waals surface area contributed by atoms with E-state index in [1.54, 1.807) is 0 Å². The van der Waals surface area contributed by atoms with E-state index in [2.05, 4.69) is 54.6 Å². The minimum atomic E-state index is 0.575. The quantitative estimate of drug-likeness (QED) is 0.674. The molecule has 0 unspecified atom stereocenters. The van der Waals surface area contributed by atoms with Gasteiger partial charge in [-0.1, -0.05) is 18.2 Å². The lowest BCUT2D eigenvalue weighted by Gasteiger charge is -2.37. The standard InChI is InChI=1S/C12H18N2S/c1-9(2)14-8-11-7-5-6-10(3)12(11)13(4)15-14/h5-7,9H,8H2,1-4H3. The van der Waals surface area contributed by atoms with Crippen molar-refractivity contribution < 1.29 is 0 Å². The molecule has 0 bridgehead atoms. The maximum absolute atomic E-state index is 2.40. The Morgan fingerprint density at radius 2 is 2.07 bits per heavy atom. The number of hydrogen-bond acceptors (Lipinski definition) is 3. The normalized spacial score (nSPS) is 17.0. The molecule has 0 radical (unpaired) electrons. The second kappa shape index (κ2) is 4.06. The molecule has 15 heavy (non-hydrogen) atoms. The Morgan fingerprint density at radius 3 is 2.73 bits per heavy atom. The van der Waals surface area contributed by atoms with Gasteiger partial charge >= 0.3 is 0 Å². The van der Waals surface area contributed by atoms with Gasteiger partial charge in [0.25, 0.3) is 0 Å². The number of para-hydroxylation sites is 1. The molecule has 3 heteroatoms. The molecule has 0 amide bonds. The van der Waals surface area contributed by atoms with Crippen LogP contribution in [0.5, 0.6) is 0 Å². The fourth-order valence-corrected chi connectivity index (χ4v) is 3.01. The summed E-state index contributed by atoms with van der Waals surface area (Å²) in [5.74, 6) is 0. The van der Waals surface area contributed by atoms with E-state index in [4.69, 9.17) is 0 Å². The van der Waals surface area contributed by atoms with Crippen LogP contribution in [0.1, 0.15) is 25.0 Å². The molecule has 0 fully saturated rings. The fraction of sp³-hybridized carbons (Fsp3) is 0.500. The zero-order valence-electron chi connectivity index (χ0n) is 9.82. The molecule has 0 saturated carbocycles. The number of rotatable bonds is 1. The molecule has 0 atom stereocenters. The number of benzene rings is 1. The van der Waals surface area contributed by atoms with Crippen LogP contribution < -0.4 is 4.31 Å². The highest BCUT2D eigenvalue weighted by Crippen LogP contribution is 2.37. The van der Waals surface area contributed by atoms with Crippen molar-refractivity contribution >= 4 is 17.8 Å². The van der Waals surface area contributed by atoms with E-state index in [9.17, 15) is 0 Å². The lowest BCUT2D eigenvalue weighted by atomic mass is 10.1. The summed E-state index contributed by atoms with van der Waals surface area (Å²) in [6.45, 7) is 7.70. The van der Waals surface area contributed by atoms with Crippen molar-refractivity contribution in [2.75, 3.05) is 11.4 Å². The van der Waals surface area contributed by atoms with E-state index in [1.165, 1.54) is 16.8 Å². The summed E-state index contributed by atoms with van der Waals surface area (Å²) in [6, 6.07) is 7.14. The molecule has 2 nitrogen and oxygen atoms in total. The van der Waals surface area contributed by atoms with Crippen molar-refractivity contribution in [1.29, 1.82) is 0 Å². The van der Waals surface area contributed by atoms with Crippen LogP contribution in [0.4, 0.5) is 5.69 Å². The first-order chi connectivity index (χ1) is 7.09. The SMILES string of the molecule is Cc1cccc2c1N(C)SN(C(C)C)C2. The second-order valence-electron chi connectivity index (χ2n) is 4.33. The third-order valence-corrected chi connectivity index (χ3v) is 3.95. The van der Waals surface area contributed by atoms with Gasteiger partial charge in [-0.15, -0.1) is 0 Å². The molecule has 1 aromatic carbocycles. The molecular weight excluding hydrogens is 204 g/mol. The Bertz CT molecular complexity index is 363. The van der Waals surface area contributed by atoms with Crippen LogP contribution in [-0.2, 0) is 6.54 Å². The average Bonchev–Trinajstić information content (AvgIpc) is 2.17. The van der Waals surface area contributed by atoms with Gasteiger partial charge in [-0.3, -0.25) is 0 Å². The number of anilines is 1. The maximum Gasteiger partial charge on any atom is 0.0553 e. The van der Waals surface area contributed by atoms with E-state index in [1.807, 2.05) is 12.1 Å². The highest BCUT2D eigenvalue weighted by Gasteiger charge is 2.23. The largest absolute Gasteiger partial charge is 0.306 e. The monoisotopic (exact) mass is 222 g/mol. The summed E-state index contributed by atoms with van der Waals surface area (Å²) in [7, 11) is 2.14. The van der Waals surface area contributed by atoms with Gasteiger partial charge in [-0.05, 0) is 31.9 Å². The van der Waals surface area contributed by atoms with Crippen LogP contribution >= 0.6 is 12.1 Å². The maximum atomic E-state index is 2.40. The topological polar surface area (TPSA) is 6.48 Å². The van der Waals surface area contributed by atoms with Crippen molar-refractivity contribution in [1.82, 2.24) is 4.31 Å². The zero-order valence-corrected chi connectivity index (χ0v) is 10.6. The minimum absolute atomic E-state index is 0.575. The fourth-order valence-electron chi connectivity index (χ4n) is 1.97. The predicted molar refractivity (Wildman–Crippen MR) is 67.9 cm³/mol. The zero-order chi connectivity index (χ0) is 11.0. The molecule has 0 aromatic heterocycles. The summed E-state index contributed by atoms with van der Waals surface area (Å²) in [5.41, 5.74) is 4.19. The van der Waals surface area contributed by atoms with E-state index < -0.39 is 0 Å². The first-order valence-corrected chi connectivity index (χ1v) is 6.09. The van der Waals surface area contributed by atoms with Gasteiger partial charge in [0, 0.05) is 31.8 Å². The molecule has 2 rings (SSSR count). The van der Waals surface area contributed by atoms with Gasteiger partial charge in [-0.25, -0.2) is 4.31 Å². The summed E-state index contributed by atoms with van der Waals surface area (Å²) >= 11 is 1.82. The molecule has 1 aliphatic rings. The molecule has 82 valence electrons. The Balaban J connectivity index is 2.36. The van der Waals surface area contributed by atoms with Crippen molar-refractivity contribution in [2.24, 2.45) is 0 Å². The molecule has 0 aliphatic carbocycles. The Kier molecular flexibility index (Phi) is 2.94. The van der Waals surface area contributed by atoms with Crippen molar-refractivity contribution in [3.8, 4) is 0 Å². The number of nitrogens with zero attached hydrogens (tertiary/aromatic N) is 2. The minimum Gasteiger partial charge on any atom is -0.306 e. The molecule has 0 N–H and O–H groups in total.